The van der Waals surface area contributed by atoms with Crippen LogP contribution in [0.2, 0.25) is 0 Å². The van der Waals surface area contributed by atoms with Gasteiger partial charge in [-0.3, -0.25) is 4.57 Å². The molecule has 1 unspecified atom stereocenters. The molecule has 2 aliphatic rings. The lowest BCUT2D eigenvalue weighted by Crippen LogP contribution is -2.41. The normalized spacial score (nSPS) is 24.9. The predicted molar refractivity (Wildman–Crippen MR) is 119 cm³/mol. The van der Waals surface area contributed by atoms with Gasteiger partial charge in [0.2, 0.25) is 5.88 Å². The van der Waals surface area contributed by atoms with Crippen LogP contribution in [0.25, 0.3) is 0 Å². The van der Waals surface area contributed by atoms with E-state index in [0.29, 0.717) is 35.4 Å². The second-order valence-corrected chi connectivity index (χ2v) is 11.5. The standard InChI is InChI=1S/C22H29N4O3P/c1-22(2)19(26-18-20(23)24-13-25-21(18)29-22)17-10-8-16(9-11-17)15-6-4-14(5-7-15)12-30(3,27)28/h8-11,13-15H,4-7,12H2,1-3H3,(H,27,28)(H2,23,24,25)/t14-,15-. The summed E-state index contributed by atoms with van der Waals surface area (Å²) < 4.78 is 17.8. The highest BCUT2D eigenvalue weighted by atomic mass is 31.2. The number of fused-ring (bicyclic) bond motifs is 1. The van der Waals surface area contributed by atoms with Crippen molar-refractivity contribution < 1.29 is 14.2 Å². The Labute approximate surface area is 177 Å². The number of nitrogen functional groups attached to an aromatic ring is 1. The summed E-state index contributed by atoms with van der Waals surface area (Å²) in [7, 11) is -2.93. The maximum atomic E-state index is 11.7. The largest absolute Gasteiger partial charge is 0.463 e. The van der Waals surface area contributed by atoms with Crippen LogP contribution in [-0.2, 0) is 4.57 Å². The minimum atomic E-state index is -2.93. The number of hydrogen-bond donors (Lipinski definition) is 2. The monoisotopic (exact) mass is 428 g/mol. The highest BCUT2D eigenvalue weighted by Gasteiger charge is 2.35. The molecular formula is C22H29N4O3P. The molecule has 1 aliphatic carbocycles. The molecule has 1 aromatic carbocycles. The van der Waals surface area contributed by atoms with Crippen LogP contribution in [0.1, 0.15) is 56.6 Å². The molecule has 0 amide bonds. The Kier molecular flexibility index (Phi) is 5.45. The van der Waals surface area contributed by atoms with Gasteiger partial charge in [-0.1, -0.05) is 24.3 Å². The Balaban J connectivity index is 1.52. The molecule has 1 saturated carbocycles. The third kappa shape index (κ3) is 4.42. The summed E-state index contributed by atoms with van der Waals surface area (Å²) in [6, 6.07) is 8.50. The molecule has 1 atom stereocenters. The van der Waals surface area contributed by atoms with E-state index in [1.54, 1.807) is 0 Å². The fourth-order valence-corrected chi connectivity index (χ4v) is 5.90. The number of aliphatic imine (C=N–C) groups is 1. The summed E-state index contributed by atoms with van der Waals surface area (Å²) in [4.78, 5) is 22.6. The van der Waals surface area contributed by atoms with Crippen LogP contribution >= 0.6 is 7.37 Å². The maximum absolute atomic E-state index is 11.7. The van der Waals surface area contributed by atoms with Crippen molar-refractivity contribution in [3.8, 4) is 5.88 Å². The van der Waals surface area contributed by atoms with Crippen molar-refractivity contribution in [2.45, 2.75) is 51.0 Å². The van der Waals surface area contributed by atoms with Gasteiger partial charge in [-0.2, -0.15) is 4.98 Å². The van der Waals surface area contributed by atoms with Gasteiger partial charge in [0, 0.05) is 18.4 Å². The SMILES string of the molecule is CC1(C)Oc2ncnc(N)c2N=C1c1ccc([C@H]2CC[C@H](CP(C)(=O)O)CC2)cc1. The van der Waals surface area contributed by atoms with Gasteiger partial charge in [-0.25, -0.2) is 9.98 Å². The lowest BCUT2D eigenvalue weighted by atomic mass is 9.79. The number of aromatic nitrogens is 2. The first kappa shape index (κ1) is 21.0. The van der Waals surface area contributed by atoms with E-state index >= 15 is 0 Å². The van der Waals surface area contributed by atoms with Crippen molar-refractivity contribution in [3.05, 3.63) is 41.7 Å². The molecule has 7 nitrogen and oxygen atoms in total. The minimum absolute atomic E-state index is 0.306. The quantitative estimate of drug-likeness (QED) is 0.693. The second kappa shape index (κ2) is 7.78. The molecule has 0 radical (unpaired) electrons. The summed E-state index contributed by atoms with van der Waals surface area (Å²) in [6.45, 7) is 5.40. The van der Waals surface area contributed by atoms with Crippen LogP contribution in [0, 0.1) is 5.92 Å². The molecule has 1 aromatic heterocycles. The van der Waals surface area contributed by atoms with Crippen molar-refractivity contribution in [1.82, 2.24) is 9.97 Å². The van der Waals surface area contributed by atoms with Crippen molar-refractivity contribution in [1.29, 1.82) is 0 Å². The molecule has 30 heavy (non-hydrogen) atoms. The zero-order valence-corrected chi connectivity index (χ0v) is 18.6. The van der Waals surface area contributed by atoms with Gasteiger partial charge in [0.05, 0.1) is 5.71 Å². The molecule has 4 rings (SSSR count). The van der Waals surface area contributed by atoms with Gasteiger partial charge < -0.3 is 15.4 Å². The molecular weight excluding hydrogens is 399 g/mol. The van der Waals surface area contributed by atoms with Gasteiger partial charge in [0.15, 0.2) is 18.9 Å². The van der Waals surface area contributed by atoms with Crippen molar-refractivity contribution in [2.24, 2.45) is 10.9 Å². The number of hydrogen-bond acceptors (Lipinski definition) is 6. The van der Waals surface area contributed by atoms with Crippen LogP contribution in [0.3, 0.4) is 0 Å². The van der Waals surface area contributed by atoms with Crippen LogP contribution in [0.15, 0.2) is 35.6 Å². The molecule has 1 fully saturated rings. The third-order valence-corrected chi connectivity index (χ3v) is 7.26. The van der Waals surface area contributed by atoms with Crippen LogP contribution in [-0.4, -0.2) is 39.0 Å². The molecule has 2 aromatic rings. The fourth-order valence-electron chi connectivity index (χ4n) is 4.57. The highest BCUT2D eigenvalue weighted by molar-refractivity contribution is 7.57. The molecule has 1 aliphatic heterocycles. The number of benzene rings is 1. The van der Waals surface area contributed by atoms with E-state index in [9.17, 15) is 9.46 Å². The summed E-state index contributed by atoms with van der Waals surface area (Å²) in [5.74, 6) is 1.57. The van der Waals surface area contributed by atoms with E-state index in [0.717, 1.165) is 37.0 Å². The van der Waals surface area contributed by atoms with Crippen LogP contribution in [0.4, 0.5) is 11.5 Å². The zero-order chi connectivity index (χ0) is 21.5. The molecule has 0 bridgehead atoms. The maximum Gasteiger partial charge on any atom is 0.246 e. The average Bonchev–Trinajstić information content (AvgIpc) is 2.67. The number of nitrogens with zero attached hydrogens (tertiary/aromatic N) is 3. The zero-order valence-electron chi connectivity index (χ0n) is 17.7. The minimum Gasteiger partial charge on any atom is -0.463 e. The molecule has 8 heteroatoms. The van der Waals surface area contributed by atoms with E-state index in [1.165, 1.54) is 18.6 Å². The fraction of sp³-hybridized carbons (Fsp3) is 0.500. The van der Waals surface area contributed by atoms with Crippen LogP contribution in [0.5, 0.6) is 5.88 Å². The van der Waals surface area contributed by atoms with E-state index in [1.807, 2.05) is 13.8 Å². The topological polar surface area (TPSA) is 111 Å². The molecule has 3 N–H and O–H groups in total. The van der Waals surface area contributed by atoms with E-state index in [-0.39, 0.29) is 0 Å². The Morgan fingerprint density at radius 2 is 1.83 bits per heavy atom. The van der Waals surface area contributed by atoms with Crippen molar-refractivity contribution >= 4 is 24.6 Å². The molecule has 2 heterocycles. The molecule has 160 valence electrons. The highest BCUT2D eigenvalue weighted by Crippen LogP contribution is 2.44. The van der Waals surface area contributed by atoms with Gasteiger partial charge >= 0.3 is 0 Å². The first-order chi connectivity index (χ1) is 14.1. The molecule has 0 spiro atoms. The lowest BCUT2D eigenvalue weighted by molar-refractivity contribution is 0.171. The van der Waals surface area contributed by atoms with Gasteiger partial charge in [-0.05, 0) is 56.9 Å². The summed E-state index contributed by atoms with van der Waals surface area (Å²) in [5, 5.41) is 0. The summed E-state index contributed by atoms with van der Waals surface area (Å²) in [6.07, 6.45) is 5.96. The second-order valence-electron chi connectivity index (χ2n) is 9.06. The number of anilines is 1. The number of ether oxygens (including phenoxy) is 1. The lowest BCUT2D eigenvalue weighted by Gasteiger charge is -2.32. The van der Waals surface area contributed by atoms with Crippen LogP contribution < -0.4 is 10.5 Å². The average molecular weight is 428 g/mol. The van der Waals surface area contributed by atoms with Gasteiger partial charge in [0.25, 0.3) is 0 Å². The predicted octanol–water partition coefficient (Wildman–Crippen LogP) is 4.52. The van der Waals surface area contributed by atoms with E-state index in [4.69, 9.17) is 15.5 Å². The molecule has 0 saturated heterocycles. The number of rotatable bonds is 4. The Morgan fingerprint density at radius 3 is 2.47 bits per heavy atom. The third-order valence-electron chi connectivity index (χ3n) is 6.06. The Bertz CT molecular complexity index is 1010. The first-order valence-electron chi connectivity index (χ1n) is 10.4. The van der Waals surface area contributed by atoms with Crippen molar-refractivity contribution in [2.75, 3.05) is 18.6 Å². The van der Waals surface area contributed by atoms with Crippen molar-refractivity contribution in [3.63, 3.8) is 0 Å². The first-order valence-corrected chi connectivity index (χ1v) is 12.7. The van der Waals surface area contributed by atoms with Gasteiger partial charge in [-0.15, -0.1) is 0 Å². The number of nitrogens with two attached hydrogens (primary N) is 1. The smallest absolute Gasteiger partial charge is 0.246 e. The van der Waals surface area contributed by atoms with Gasteiger partial charge in [0.1, 0.15) is 11.9 Å². The summed E-state index contributed by atoms with van der Waals surface area (Å²) >= 11 is 0. The Morgan fingerprint density at radius 1 is 1.17 bits per heavy atom. The Hall–Kier alpha value is -2.24. The van der Waals surface area contributed by atoms with E-state index in [2.05, 4.69) is 34.2 Å². The summed E-state index contributed by atoms with van der Waals surface area (Å²) in [5.41, 5.74) is 8.90. The van der Waals surface area contributed by atoms with E-state index < -0.39 is 13.0 Å².